The van der Waals surface area contributed by atoms with Crippen LogP contribution < -0.4 is 0 Å². The van der Waals surface area contributed by atoms with Crippen LogP contribution in [0.5, 0.6) is 0 Å². The van der Waals surface area contributed by atoms with Crippen molar-refractivity contribution in [3.8, 4) is 17.1 Å². The fourth-order valence-electron chi connectivity index (χ4n) is 3.35. The molecule has 1 saturated heterocycles. The molecule has 1 atom stereocenters. The molecule has 0 saturated carbocycles. The van der Waals surface area contributed by atoms with Crippen LogP contribution in [-0.2, 0) is 4.79 Å². The molecule has 1 aromatic heterocycles. The summed E-state index contributed by atoms with van der Waals surface area (Å²) in [6.07, 6.45) is 2.13. The van der Waals surface area contributed by atoms with E-state index < -0.39 is 0 Å². The van der Waals surface area contributed by atoms with Crippen LogP contribution in [0.2, 0.25) is 0 Å². The molecular formula is C21H21FN4OS. The van der Waals surface area contributed by atoms with Crippen molar-refractivity contribution in [1.29, 1.82) is 0 Å². The van der Waals surface area contributed by atoms with Gasteiger partial charge in [-0.2, -0.15) is 0 Å². The standard InChI is InChI=1S/C21H21FN4OS/c1-15(20(27)25-13-5-6-14-25)28-21-24-23-19(16-9-11-17(22)12-10-16)26(21)18-7-3-2-4-8-18/h2-4,7-12,15H,5-6,13-14H2,1H3. The van der Waals surface area contributed by atoms with Gasteiger partial charge in [0, 0.05) is 24.3 Å². The van der Waals surface area contributed by atoms with Gasteiger partial charge in [0.1, 0.15) is 5.82 Å². The Balaban J connectivity index is 1.69. The maximum atomic E-state index is 13.4. The van der Waals surface area contributed by atoms with Gasteiger partial charge in [-0.3, -0.25) is 9.36 Å². The van der Waals surface area contributed by atoms with Gasteiger partial charge < -0.3 is 4.90 Å². The van der Waals surface area contributed by atoms with Crippen LogP contribution in [0.15, 0.2) is 59.8 Å². The van der Waals surface area contributed by atoms with E-state index in [0.29, 0.717) is 11.0 Å². The summed E-state index contributed by atoms with van der Waals surface area (Å²) in [5.74, 6) is 0.455. The Bertz CT molecular complexity index is 952. The van der Waals surface area contributed by atoms with E-state index in [1.165, 1.54) is 23.9 Å². The van der Waals surface area contributed by atoms with Crippen molar-refractivity contribution in [3.63, 3.8) is 0 Å². The quantitative estimate of drug-likeness (QED) is 0.607. The molecule has 0 spiro atoms. The lowest BCUT2D eigenvalue weighted by Crippen LogP contribution is -2.34. The molecule has 1 aliphatic heterocycles. The highest BCUT2D eigenvalue weighted by Crippen LogP contribution is 2.31. The molecule has 0 N–H and O–H groups in total. The van der Waals surface area contributed by atoms with E-state index in [2.05, 4.69) is 10.2 Å². The van der Waals surface area contributed by atoms with E-state index in [1.807, 2.05) is 46.7 Å². The molecule has 7 heteroatoms. The predicted molar refractivity (Wildman–Crippen MR) is 108 cm³/mol. The van der Waals surface area contributed by atoms with E-state index >= 15 is 0 Å². The summed E-state index contributed by atoms with van der Waals surface area (Å²) >= 11 is 1.40. The number of halogens is 1. The van der Waals surface area contributed by atoms with E-state index in [-0.39, 0.29) is 17.0 Å². The van der Waals surface area contributed by atoms with Gasteiger partial charge in [0.25, 0.3) is 0 Å². The molecule has 1 unspecified atom stereocenters. The topological polar surface area (TPSA) is 51.0 Å². The Morgan fingerprint density at radius 2 is 1.71 bits per heavy atom. The average Bonchev–Trinajstić information content (AvgIpc) is 3.39. The smallest absolute Gasteiger partial charge is 0.235 e. The van der Waals surface area contributed by atoms with Crippen LogP contribution in [0.25, 0.3) is 17.1 Å². The number of carbonyl (C=O) groups is 1. The molecule has 3 aromatic rings. The summed E-state index contributed by atoms with van der Waals surface area (Å²) in [6, 6.07) is 15.9. The van der Waals surface area contributed by atoms with Crippen LogP contribution in [-0.4, -0.2) is 43.9 Å². The summed E-state index contributed by atoms with van der Waals surface area (Å²) in [4.78, 5) is 14.6. The van der Waals surface area contributed by atoms with Crippen LogP contribution in [0.1, 0.15) is 19.8 Å². The average molecular weight is 396 g/mol. The van der Waals surface area contributed by atoms with Gasteiger partial charge in [0.05, 0.1) is 5.25 Å². The highest BCUT2D eigenvalue weighted by Gasteiger charge is 2.26. The minimum absolute atomic E-state index is 0.133. The maximum absolute atomic E-state index is 13.4. The largest absolute Gasteiger partial charge is 0.342 e. The third-order valence-electron chi connectivity index (χ3n) is 4.80. The molecule has 0 aliphatic carbocycles. The number of hydrogen-bond donors (Lipinski definition) is 0. The van der Waals surface area contributed by atoms with Gasteiger partial charge in [-0.1, -0.05) is 30.0 Å². The molecule has 0 bridgehead atoms. The van der Waals surface area contributed by atoms with Gasteiger partial charge in [-0.25, -0.2) is 4.39 Å². The fourth-order valence-corrected chi connectivity index (χ4v) is 4.30. The van der Waals surface area contributed by atoms with Crippen molar-refractivity contribution in [2.24, 2.45) is 0 Å². The van der Waals surface area contributed by atoms with Crippen LogP contribution in [0.4, 0.5) is 4.39 Å². The maximum Gasteiger partial charge on any atom is 0.235 e. The first-order valence-corrected chi connectivity index (χ1v) is 10.2. The molecule has 144 valence electrons. The number of rotatable bonds is 5. The number of carbonyl (C=O) groups excluding carboxylic acids is 1. The SMILES string of the molecule is CC(Sc1nnc(-c2ccc(F)cc2)n1-c1ccccc1)C(=O)N1CCCC1. The molecule has 0 radical (unpaired) electrons. The zero-order valence-electron chi connectivity index (χ0n) is 15.6. The first kappa shape index (κ1) is 18.7. The summed E-state index contributed by atoms with van der Waals surface area (Å²) in [5.41, 5.74) is 1.67. The molecule has 1 amide bonds. The number of aromatic nitrogens is 3. The molecule has 1 aliphatic rings. The molecule has 2 heterocycles. The monoisotopic (exact) mass is 396 g/mol. The minimum Gasteiger partial charge on any atom is -0.342 e. The lowest BCUT2D eigenvalue weighted by Gasteiger charge is -2.20. The fraction of sp³-hybridized carbons (Fsp3) is 0.286. The zero-order valence-corrected chi connectivity index (χ0v) is 16.4. The summed E-state index contributed by atoms with van der Waals surface area (Å²) in [7, 11) is 0. The third kappa shape index (κ3) is 3.80. The van der Waals surface area contributed by atoms with Gasteiger partial charge in [0.15, 0.2) is 11.0 Å². The molecule has 4 rings (SSSR count). The van der Waals surface area contributed by atoms with E-state index in [0.717, 1.165) is 37.2 Å². The zero-order chi connectivity index (χ0) is 19.5. The molecule has 5 nitrogen and oxygen atoms in total. The predicted octanol–water partition coefficient (Wildman–Crippen LogP) is 4.18. The third-order valence-corrected chi connectivity index (χ3v) is 5.83. The molecule has 1 fully saturated rings. The summed E-state index contributed by atoms with van der Waals surface area (Å²) < 4.78 is 15.3. The van der Waals surface area contributed by atoms with Gasteiger partial charge in [0.2, 0.25) is 5.91 Å². The number of likely N-dealkylation sites (tertiary alicyclic amines) is 1. The Labute approximate surface area is 167 Å². The highest BCUT2D eigenvalue weighted by molar-refractivity contribution is 8.00. The molecule has 2 aromatic carbocycles. The van der Waals surface area contributed by atoms with Gasteiger partial charge in [-0.15, -0.1) is 10.2 Å². The summed E-state index contributed by atoms with van der Waals surface area (Å²) in [6.45, 7) is 3.57. The second-order valence-corrected chi connectivity index (χ2v) is 8.08. The second kappa shape index (κ2) is 8.14. The van der Waals surface area contributed by atoms with Gasteiger partial charge >= 0.3 is 0 Å². The Hall–Kier alpha value is -2.67. The van der Waals surface area contributed by atoms with E-state index in [1.54, 1.807) is 12.1 Å². The van der Waals surface area contributed by atoms with Crippen molar-refractivity contribution in [1.82, 2.24) is 19.7 Å². The minimum atomic E-state index is -0.297. The number of para-hydroxylation sites is 1. The van der Waals surface area contributed by atoms with Crippen molar-refractivity contribution < 1.29 is 9.18 Å². The number of amides is 1. The Morgan fingerprint density at radius 1 is 1.04 bits per heavy atom. The normalized spacial score (nSPS) is 15.0. The first-order chi connectivity index (χ1) is 13.6. The van der Waals surface area contributed by atoms with E-state index in [9.17, 15) is 9.18 Å². The van der Waals surface area contributed by atoms with Crippen LogP contribution >= 0.6 is 11.8 Å². The number of nitrogens with zero attached hydrogens (tertiary/aromatic N) is 4. The number of thioether (sulfide) groups is 1. The lowest BCUT2D eigenvalue weighted by atomic mass is 10.2. The lowest BCUT2D eigenvalue weighted by molar-refractivity contribution is -0.129. The van der Waals surface area contributed by atoms with E-state index in [4.69, 9.17) is 0 Å². The van der Waals surface area contributed by atoms with Crippen molar-refractivity contribution in [2.45, 2.75) is 30.2 Å². The summed E-state index contributed by atoms with van der Waals surface area (Å²) in [5, 5.41) is 9.08. The Kier molecular flexibility index (Phi) is 5.43. The second-order valence-electron chi connectivity index (χ2n) is 6.78. The van der Waals surface area contributed by atoms with Crippen LogP contribution in [0, 0.1) is 5.82 Å². The van der Waals surface area contributed by atoms with Crippen molar-refractivity contribution in [3.05, 3.63) is 60.4 Å². The first-order valence-electron chi connectivity index (χ1n) is 9.36. The molecular weight excluding hydrogens is 375 g/mol. The highest BCUT2D eigenvalue weighted by atomic mass is 32.2. The van der Waals surface area contributed by atoms with Crippen molar-refractivity contribution in [2.75, 3.05) is 13.1 Å². The number of benzene rings is 2. The van der Waals surface area contributed by atoms with Crippen LogP contribution in [0.3, 0.4) is 0 Å². The number of hydrogen-bond acceptors (Lipinski definition) is 4. The Morgan fingerprint density at radius 3 is 2.39 bits per heavy atom. The van der Waals surface area contributed by atoms with Crippen molar-refractivity contribution >= 4 is 17.7 Å². The van der Waals surface area contributed by atoms with Gasteiger partial charge in [-0.05, 0) is 56.2 Å². The molecule has 28 heavy (non-hydrogen) atoms.